The normalized spacial score (nSPS) is 13.6. The number of aliphatic hydroxyl groups is 1. The van der Waals surface area contributed by atoms with Gasteiger partial charge in [-0.05, 0) is 48.2 Å². The average Bonchev–Trinajstić information content (AvgIpc) is 2.47. The van der Waals surface area contributed by atoms with Crippen LogP contribution in [0.25, 0.3) is 11.1 Å². The average molecular weight is 265 g/mol. The van der Waals surface area contributed by atoms with Gasteiger partial charge in [-0.15, -0.1) is 0 Å². The number of hydrogen-bond donors (Lipinski definition) is 1. The highest BCUT2D eigenvalue weighted by molar-refractivity contribution is 5.95. The molecule has 0 fully saturated rings. The predicted molar refractivity (Wildman–Crippen MR) is 79.9 cm³/mol. The van der Waals surface area contributed by atoms with Gasteiger partial charge in [-0.1, -0.05) is 24.3 Å². The first kappa shape index (κ1) is 12.6. The third-order valence-corrected chi connectivity index (χ3v) is 3.55. The highest BCUT2D eigenvalue weighted by Gasteiger charge is 2.12. The first-order valence-corrected chi connectivity index (χ1v) is 6.64. The second-order valence-electron chi connectivity index (χ2n) is 5.01. The van der Waals surface area contributed by atoms with Crippen LogP contribution in [0.3, 0.4) is 0 Å². The van der Waals surface area contributed by atoms with Crippen molar-refractivity contribution in [2.45, 2.75) is 19.8 Å². The number of aliphatic imine (C=N–C) groups is 1. The van der Waals surface area contributed by atoms with E-state index in [0.29, 0.717) is 6.42 Å². The smallest absolute Gasteiger partial charge is 0.186 e. The zero-order valence-electron chi connectivity index (χ0n) is 11.3. The third kappa shape index (κ3) is 2.35. The molecule has 3 heteroatoms. The molecule has 20 heavy (non-hydrogen) atoms. The zero-order valence-corrected chi connectivity index (χ0v) is 11.3. The Labute approximate surface area is 117 Å². The van der Waals surface area contributed by atoms with Crippen LogP contribution in [0.4, 0.5) is 5.69 Å². The number of Topliss-reactive ketones (excluding diaryl/α,β-unsaturated/α-hetero) is 1. The number of carbonyl (C=O) groups excluding carboxylic acids is 1. The largest absolute Gasteiger partial charge is 0.496 e. The van der Waals surface area contributed by atoms with Crippen LogP contribution < -0.4 is 0 Å². The van der Waals surface area contributed by atoms with Crippen LogP contribution >= 0.6 is 0 Å². The molecule has 0 radical (unpaired) electrons. The minimum absolute atomic E-state index is 0.0688. The lowest BCUT2D eigenvalue weighted by molar-refractivity contribution is 0.101. The van der Waals surface area contributed by atoms with Crippen molar-refractivity contribution in [3.8, 4) is 11.1 Å². The number of benzene rings is 2. The number of aryl methyl sites for hydroxylation is 1. The number of carbonyl (C=O) groups is 1. The Balaban J connectivity index is 2.03. The standard InChI is InChI=1S/C17H15NO2/c1-11(19)12-3-2-4-13(9-12)14-5-7-16-15(10-14)6-8-17(20)18-16/h2-5,7,9-10H,6,8H2,1H3,(H,18,20). The van der Waals surface area contributed by atoms with Gasteiger partial charge in [0.15, 0.2) is 11.7 Å². The van der Waals surface area contributed by atoms with Crippen LogP contribution in [-0.4, -0.2) is 16.8 Å². The van der Waals surface area contributed by atoms with Crippen LogP contribution in [0, 0.1) is 0 Å². The lowest BCUT2D eigenvalue weighted by Gasteiger charge is -2.13. The van der Waals surface area contributed by atoms with Crippen molar-refractivity contribution in [3.05, 3.63) is 53.6 Å². The molecule has 0 amide bonds. The van der Waals surface area contributed by atoms with Crippen molar-refractivity contribution >= 4 is 17.4 Å². The molecule has 0 bridgehead atoms. The molecular formula is C17H15NO2. The molecule has 1 aliphatic heterocycles. The Morgan fingerprint density at radius 2 is 1.90 bits per heavy atom. The summed E-state index contributed by atoms with van der Waals surface area (Å²) in [6, 6.07) is 13.6. The summed E-state index contributed by atoms with van der Waals surface area (Å²) in [5.74, 6) is 0.267. The molecule has 0 spiro atoms. The van der Waals surface area contributed by atoms with Crippen molar-refractivity contribution in [1.29, 1.82) is 0 Å². The number of rotatable bonds is 2. The van der Waals surface area contributed by atoms with E-state index in [0.717, 1.165) is 34.4 Å². The fourth-order valence-corrected chi connectivity index (χ4v) is 2.43. The minimum Gasteiger partial charge on any atom is -0.496 e. The molecule has 1 heterocycles. The van der Waals surface area contributed by atoms with Gasteiger partial charge in [-0.2, -0.15) is 0 Å². The summed E-state index contributed by atoms with van der Waals surface area (Å²) in [4.78, 5) is 15.6. The number of aliphatic hydroxyl groups excluding tert-OH is 1. The number of nitrogens with zero attached hydrogens (tertiary/aromatic N) is 1. The quantitative estimate of drug-likeness (QED) is 0.831. The third-order valence-electron chi connectivity index (χ3n) is 3.55. The summed E-state index contributed by atoms with van der Waals surface area (Å²) >= 11 is 0. The lowest BCUT2D eigenvalue weighted by atomic mass is 9.96. The topological polar surface area (TPSA) is 49.7 Å². The predicted octanol–water partition coefficient (Wildman–Crippen LogP) is 4.09. The first-order chi connectivity index (χ1) is 9.63. The zero-order chi connectivity index (χ0) is 14.1. The van der Waals surface area contributed by atoms with E-state index in [1.807, 2.05) is 36.4 Å². The van der Waals surface area contributed by atoms with Crippen molar-refractivity contribution in [1.82, 2.24) is 0 Å². The van der Waals surface area contributed by atoms with E-state index in [2.05, 4.69) is 11.1 Å². The number of hydrogen-bond acceptors (Lipinski definition) is 2. The van der Waals surface area contributed by atoms with Gasteiger partial charge in [0.2, 0.25) is 0 Å². The Kier molecular flexibility index (Phi) is 3.11. The molecule has 0 unspecified atom stereocenters. The summed E-state index contributed by atoms with van der Waals surface area (Å²) < 4.78 is 0. The second kappa shape index (κ2) is 4.93. The summed E-state index contributed by atoms with van der Waals surface area (Å²) in [5.41, 5.74) is 4.78. The van der Waals surface area contributed by atoms with Gasteiger partial charge in [-0.25, -0.2) is 4.99 Å². The highest BCUT2D eigenvalue weighted by Crippen LogP contribution is 2.30. The summed E-state index contributed by atoms with van der Waals surface area (Å²) in [6.07, 6.45) is 1.38. The molecule has 100 valence electrons. The highest BCUT2D eigenvalue weighted by atomic mass is 16.3. The molecule has 0 atom stereocenters. The molecule has 2 aromatic rings. The maximum atomic E-state index is 11.5. The monoisotopic (exact) mass is 265 g/mol. The molecule has 3 nitrogen and oxygen atoms in total. The fraction of sp³-hybridized carbons (Fsp3) is 0.176. The molecule has 0 saturated heterocycles. The fourth-order valence-electron chi connectivity index (χ4n) is 2.43. The Morgan fingerprint density at radius 1 is 1.10 bits per heavy atom. The SMILES string of the molecule is CC(=O)c1cccc(-c2ccc3c(c2)CCC(O)=N3)c1. The van der Waals surface area contributed by atoms with E-state index in [-0.39, 0.29) is 11.7 Å². The number of ketones is 1. The van der Waals surface area contributed by atoms with Crippen LogP contribution in [-0.2, 0) is 6.42 Å². The van der Waals surface area contributed by atoms with Gasteiger partial charge in [0, 0.05) is 12.0 Å². The van der Waals surface area contributed by atoms with Gasteiger partial charge in [0.25, 0.3) is 0 Å². The molecule has 0 saturated carbocycles. The molecule has 0 aromatic heterocycles. The van der Waals surface area contributed by atoms with Gasteiger partial charge in [0.1, 0.15) is 0 Å². The molecule has 0 aliphatic carbocycles. The second-order valence-corrected chi connectivity index (χ2v) is 5.01. The van der Waals surface area contributed by atoms with Crippen LogP contribution in [0.2, 0.25) is 0 Å². The minimum atomic E-state index is 0.0688. The van der Waals surface area contributed by atoms with Crippen LogP contribution in [0.5, 0.6) is 0 Å². The number of fused-ring (bicyclic) bond motifs is 1. The van der Waals surface area contributed by atoms with Crippen molar-refractivity contribution < 1.29 is 9.90 Å². The maximum absolute atomic E-state index is 11.5. The Bertz CT molecular complexity index is 717. The molecule has 3 rings (SSSR count). The van der Waals surface area contributed by atoms with E-state index in [1.165, 1.54) is 0 Å². The van der Waals surface area contributed by atoms with Crippen LogP contribution in [0.15, 0.2) is 47.5 Å². The van der Waals surface area contributed by atoms with Crippen molar-refractivity contribution in [2.24, 2.45) is 4.99 Å². The molecular weight excluding hydrogens is 250 g/mol. The van der Waals surface area contributed by atoms with Gasteiger partial charge < -0.3 is 5.11 Å². The van der Waals surface area contributed by atoms with Gasteiger partial charge in [-0.3, -0.25) is 4.79 Å². The van der Waals surface area contributed by atoms with E-state index < -0.39 is 0 Å². The van der Waals surface area contributed by atoms with E-state index in [4.69, 9.17) is 0 Å². The van der Waals surface area contributed by atoms with Gasteiger partial charge >= 0.3 is 0 Å². The summed E-state index contributed by atoms with van der Waals surface area (Å²) in [6.45, 7) is 1.57. The first-order valence-electron chi connectivity index (χ1n) is 6.64. The lowest BCUT2D eigenvalue weighted by Crippen LogP contribution is -2.04. The van der Waals surface area contributed by atoms with E-state index in [9.17, 15) is 9.90 Å². The molecule has 1 aliphatic rings. The Morgan fingerprint density at radius 3 is 2.70 bits per heavy atom. The van der Waals surface area contributed by atoms with Crippen molar-refractivity contribution in [3.63, 3.8) is 0 Å². The summed E-state index contributed by atoms with van der Waals surface area (Å²) in [5, 5.41) is 9.45. The van der Waals surface area contributed by atoms with Gasteiger partial charge in [0.05, 0.1) is 5.69 Å². The summed E-state index contributed by atoms with van der Waals surface area (Å²) in [7, 11) is 0. The van der Waals surface area contributed by atoms with E-state index in [1.54, 1.807) is 6.92 Å². The maximum Gasteiger partial charge on any atom is 0.186 e. The van der Waals surface area contributed by atoms with Crippen LogP contribution in [0.1, 0.15) is 29.3 Å². The Hall–Kier alpha value is -2.42. The molecule has 1 N–H and O–H groups in total. The van der Waals surface area contributed by atoms with Crippen molar-refractivity contribution in [2.75, 3.05) is 0 Å². The molecule has 2 aromatic carbocycles. The van der Waals surface area contributed by atoms with E-state index >= 15 is 0 Å².